The fourth-order valence-corrected chi connectivity index (χ4v) is 3.70. The number of carbonyl (C=O) groups is 1. The lowest BCUT2D eigenvalue weighted by Crippen LogP contribution is -2.24. The molecule has 122 valence electrons. The number of thioether (sulfide) groups is 2. The number of amides is 1. The van der Waals surface area contributed by atoms with Crippen LogP contribution in [0.5, 0.6) is 0 Å². The maximum atomic E-state index is 12.4. The minimum Gasteiger partial charge on any atom is -0.324 e. The SMILES string of the molecule is CSc1ccccc1NC(=O)[C@H](C)Sc1n[nH]c(=O)n1C1CC1. The Labute approximate surface area is 142 Å². The van der Waals surface area contributed by atoms with Gasteiger partial charge in [-0.3, -0.25) is 9.36 Å². The van der Waals surface area contributed by atoms with Crippen LogP contribution in [0.4, 0.5) is 5.69 Å². The summed E-state index contributed by atoms with van der Waals surface area (Å²) < 4.78 is 1.66. The number of H-pyrrole nitrogens is 1. The van der Waals surface area contributed by atoms with Crippen molar-refractivity contribution in [3.05, 3.63) is 34.7 Å². The smallest absolute Gasteiger partial charge is 0.324 e. The Hall–Kier alpha value is -1.67. The van der Waals surface area contributed by atoms with Gasteiger partial charge in [0, 0.05) is 10.9 Å². The molecule has 1 fully saturated rings. The van der Waals surface area contributed by atoms with E-state index in [1.165, 1.54) is 11.8 Å². The van der Waals surface area contributed by atoms with Crippen molar-refractivity contribution in [2.24, 2.45) is 0 Å². The number of hydrogen-bond donors (Lipinski definition) is 2. The summed E-state index contributed by atoms with van der Waals surface area (Å²) in [6.45, 7) is 1.82. The van der Waals surface area contributed by atoms with Crippen molar-refractivity contribution in [2.45, 2.75) is 41.1 Å². The number of rotatable bonds is 6. The topological polar surface area (TPSA) is 79.8 Å². The number of nitrogens with zero attached hydrogens (tertiary/aromatic N) is 2. The van der Waals surface area contributed by atoms with E-state index in [2.05, 4.69) is 15.5 Å². The normalized spacial score (nSPS) is 15.4. The zero-order valence-corrected chi connectivity index (χ0v) is 14.5. The van der Waals surface area contributed by atoms with Crippen molar-refractivity contribution in [2.75, 3.05) is 11.6 Å². The first-order chi connectivity index (χ1) is 11.1. The standard InChI is InChI=1S/C15H18N4O2S2/c1-9(13(20)16-11-5-3-4-6-12(11)22-2)23-15-18-17-14(21)19(15)10-7-8-10/h3-6,9-10H,7-8H2,1-2H3,(H,16,20)(H,17,21)/t9-/m0/s1. The van der Waals surface area contributed by atoms with E-state index in [4.69, 9.17) is 0 Å². The first-order valence-corrected chi connectivity index (χ1v) is 9.48. The molecule has 0 spiro atoms. The number of carbonyl (C=O) groups excluding carboxylic acids is 1. The third kappa shape index (κ3) is 3.64. The van der Waals surface area contributed by atoms with Gasteiger partial charge in [0.15, 0.2) is 5.16 Å². The molecule has 1 amide bonds. The van der Waals surface area contributed by atoms with E-state index in [0.29, 0.717) is 5.16 Å². The van der Waals surface area contributed by atoms with Crippen LogP contribution >= 0.6 is 23.5 Å². The predicted octanol–water partition coefficient (Wildman–Crippen LogP) is 2.75. The summed E-state index contributed by atoms with van der Waals surface area (Å²) in [5, 5.41) is 9.70. The molecule has 1 aliphatic rings. The second-order valence-corrected chi connectivity index (χ2v) is 7.52. The van der Waals surface area contributed by atoms with Crippen LogP contribution in [0, 0.1) is 0 Å². The van der Waals surface area contributed by atoms with Gasteiger partial charge in [0.1, 0.15) is 0 Å². The molecule has 1 aromatic heterocycles. The first-order valence-electron chi connectivity index (χ1n) is 7.37. The van der Waals surface area contributed by atoms with Gasteiger partial charge in [0.05, 0.1) is 10.9 Å². The lowest BCUT2D eigenvalue weighted by atomic mass is 10.3. The molecular weight excluding hydrogens is 332 g/mol. The van der Waals surface area contributed by atoms with E-state index in [1.807, 2.05) is 37.4 Å². The molecule has 1 saturated carbocycles. The Kier molecular flexibility index (Phi) is 4.82. The molecule has 0 radical (unpaired) electrons. The Bertz CT molecular complexity index is 767. The van der Waals surface area contributed by atoms with Crippen LogP contribution in [-0.2, 0) is 4.79 Å². The average molecular weight is 350 g/mol. The summed E-state index contributed by atoms with van der Waals surface area (Å²) in [6, 6.07) is 7.92. The third-order valence-electron chi connectivity index (χ3n) is 3.60. The molecule has 2 aromatic rings. The van der Waals surface area contributed by atoms with Gasteiger partial charge in [0.25, 0.3) is 0 Å². The van der Waals surface area contributed by atoms with Crippen molar-refractivity contribution < 1.29 is 4.79 Å². The minimum atomic E-state index is -0.349. The van der Waals surface area contributed by atoms with E-state index in [9.17, 15) is 9.59 Å². The predicted molar refractivity (Wildman–Crippen MR) is 93.3 cm³/mol. The lowest BCUT2D eigenvalue weighted by molar-refractivity contribution is -0.115. The van der Waals surface area contributed by atoms with Crippen molar-refractivity contribution in [3.63, 3.8) is 0 Å². The molecule has 0 aliphatic heterocycles. The highest BCUT2D eigenvalue weighted by atomic mass is 32.2. The number of benzene rings is 1. The van der Waals surface area contributed by atoms with Crippen molar-refractivity contribution >= 4 is 35.1 Å². The Morgan fingerprint density at radius 1 is 1.43 bits per heavy atom. The molecule has 0 unspecified atom stereocenters. The zero-order valence-electron chi connectivity index (χ0n) is 12.9. The van der Waals surface area contributed by atoms with Crippen LogP contribution < -0.4 is 11.0 Å². The summed E-state index contributed by atoms with van der Waals surface area (Å²) in [6.07, 6.45) is 3.96. The van der Waals surface area contributed by atoms with E-state index in [-0.39, 0.29) is 22.9 Å². The van der Waals surface area contributed by atoms with Crippen LogP contribution in [0.1, 0.15) is 25.8 Å². The number of hydrogen-bond acceptors (Lipinski definition) is 5. The highest BCUT2D eigenvalue weighted by Gasteiger charge is 2.30. The molecule has 1 aromatic carbocycles. The van der Waals surface area contributed by atoms with Crippen LogP contribution in [0.25, 0.3) is 0 Å². The maximum absolute atomic E-state index is 12.4. The Morgan fingerprint density at radius 2 is 2.17 bits per heavy atom. The van der Waals surface area contributed by atoms with Gasteiger partial charge in [-0.1, -0.05) is 23.9 Å². The minimum absolute atomic E-state index is 0.103. The van der Waals surface area contributed by atoms with Gasteiger partial charge in [-0.15, -0.1) is 16.9 Å². The molecule has 0 saturated heterocycles. The number of aromatic amines is 1. The Morgan fingerprint density at radius 3 is 2.87 bits per heavy atom. The van der Waals surface area contributed by atoms with E-state index in [0.717, 1.165) is 23.4 Å². The largest absolute Gasteiger partial charge is 0.344 e. The fourth-order valence-electron chi connectivity index (χ4n) is 2.22. The van der Waals surface area contributed by atoms with Crippen LogP contribution in [0.2, 0.25) is 0 Å². The lowest BCUT2D eigenvalue weighted by Gasteiger charge is -2.13. The zero-order chi connectivity index (χ0) is 16.4. The van der Waals surface area contributed by atoms with Crippen LogP contribution in [0.3, 0.4) is 0 Å². The van der Waals surface area contributed by atoms with Gasteiger partial charge in [-0.25, -0.2) is 9.89 Å². The highest BCUT2D eigenvalue weighted by Crippen LogP contribution is 2.37. The van der Waals surface area contributed by atoms with E-state index in [1.54, 1.807) is 16.3 Å². The molecule has 1 aliphatic carbocycles. The maximum Gasteiger partial charge on any atom is 0.344 e. The number of aromatic nitrogens is 3. The van der Waals surface area contributed by atoms with Gasteiger partial charge in [-0.05, 0) is 38.2 Å². The van der Waals surface area contributed by atoms with Crippen LogP contribution in [-0.4, -0.2) is 32.2 Å². The van der Waals surface area contributed by atoms with Crippen molar-refractivity contribution in [1.82, 2.24) is 14.8 Å². The molecule has 23 heavy (non-hydrogen) atoms. The Balaban J connectivity index is 1.69. The van der Waals surface area contributed by atoms with Gasteiger partial charge in [0.2, 0.25) is 5.91 Å². The molecular formula is C15H18N4O2S2. The molecule has 1 heterocycles. The molecule has 8 heteroatoms. The number of anilines is 1. The van der Waals surface area contributed by atoms with Crippen molar-refractivity contribution in [1.29, 1.82) is 0 Å². The molecule has 6 nitrogen and oxygen atoms in total. The van der Waals surface area contributed by atoms with Gasteiger partial charge in [-0.2, -0.15) is 0 Å². The van der Waals surface area contributed by atoms with Gasteiger partial charge >= 0.3 is 5.69 Å². The first kappa shape index (κ1) is 16.2. The van der Waals surface area contributed by atoms with Crippen molar-refractivity contribution in [3.8, 4) is 0 Å². The summed E-state index contributed by atoms with van der Waals surface area (Å²) >= 11 is 2.89. The highest BCUT2D eigenvalue weighted by molar-refractivity contribution is 8.00. The summed E-state index contributed by atoms with van der Waals surface area (Å²) in [5.74, 6) is -0.103. The second-order valence-electron chi connectivity index (χ2n) is 5.36. The van der Waals surface area contributed by atoms with E-state index < -0.39 is 0 Å². The molecule has 1 atom stereocenters. The van der Waals surface area contributed by atoms with Gasteiger partial charge < -0.3 is 5.32 Å². The molecule has 0 bridgehead atoms. The van der Waals surface area contributed by atoms with Crippen LogP contribution in [0.15, 0.2) is 39.1 Å². The summed E-state index contributed by atoms with van der Waals surface area (Å²) in [4.78, 5) is 25.2. The average Bonchev–Trinajstić information content (AvgIpc) is 3.32. The number of nitrogens with one attached hydrogen (secondary N) is 2. The fraction of sp³-hybridized carbons (Fsp3) is 0.400. The monoisotopic (exact) mass is 350 g/mol. The molecule has 3 rings (SSSR count). The molecule has 2 N–H and O–H groups in total. The van der Waals surface area contributed by atoms with E-state index >= 15 is 0 Å². The number of para-hydroxylation sites is 1. The quantitative estimate of drug-likeness (QED) is 0.783. The third-order valence-corrected chi connectivity index (χ3v) is 5.46. The second kappa shape index (κ2) is 6.84. The summed E-state index contributed by atoms with van der Waals surface area (Å²) in [5.41, 5.74) is 0.606. The summed E-state index contributed by atoms with van der Waals surface area (Å²) in [7, 11) is 0.